The molecule has 1 aromatic carbocycles. The van der Waals surface area contributed by atoms with Gasteiger partial charge < -0.3 is 10.1 Å². The van der Waals surface area contributed by atoms with Crippen molar-refractivity contribution >= 4 is 10.9 Å². The minimum Gasteiger partial charge on any atom is -0.375 e. The Morgan fingerprint density at radius 2 is 2.24 bits per heavy atom. The monoisotopic (exact) mass is 282 g/mol. The van der Waals surface area contributed by atoms with E-state index >= 15 is 0 Å². The maximum absolute atomic E-state index is 6.09. The summed E-state index contributed by atoms with van der Waals surface area (Å²) in [5.74, 6) is 0.592. The van der Waals surface area contributed by atoms with E-state index in [4.69, 9.17) is 4.74 Å². The molecule has 2 saturated heterocycles. The van der Waals surface area contributed by atoms with Gasteiger partial charge in [-0.05, 0) is 43.5 Å². The molecule has 3 heteroatoms. The van der Waals surface area contributed by atoms with Gasteiger partial charge in [0.05, 0.1) is 17.7 Å². The molecule has 4 unspecified atom stereocenters. The van der Waals surface area contributed by atoms with Crippen molar-refractivity contribution in [3.8, 4) is 0 Å². The van der Waals surface area contributed by atoms with Crippen molar-refractivity contribution in [3.63, 3.8) is 0 Å². The topological polar surface area (TPSA) is 34.2 Å². The summed E-state index contributed by atoms with van der Waals surface area (Å²) in [6, 6.07) is 11.1. The zero-order valence-corrected chi connectivity index (χ0v) is 12.5. The average Bonchev–Trinajstić information content (AvgIpc) is 3.15. The van der Waals surface area contributed by atoms with Crippen LogP contribution >= 0.6 is 0 Å². The smallest absolute Gasteiger partial charge is 0.0705 e. The molecule has 1 aromatic heterocycles. The predicted octanol–water partition coefficient (Wildman–Crippen LogP) is 3.45. The molecule has 2 fully saturated rings. The Morgan fingerprint density at radius 3 is 3.00 bits per heavy atom. The van der Waals surface area contributed by atoms with Crippen molar-refractivity contribution in [2.75, 3.05) is 6.54 Å². The maximum atomic E-state index is 6.09. The highest BCUT2D eigenvalue weighted by molar-refractivity contribution is 5.82. The van der Waals surface area contributed by atoms with Crippen LogP contribution in [0.3, 0.4) is 0 Å². The minimum atomic E-state index is 0.373. The van der Waals surface area contributed by atoms with Gasteiger partial charge in [0.15, 0.2) is 0 Å². The first kappa shape index (κ1) is 13.2. The first-order valence-corrected chi connectivity index (χ1v) is 8.09. The summed E-state index contributed by atoms with van der Waals surface area (Å²) in [5, 5.41) is 4.98. The van der Waals surface area contributed by atoms with E-state index in [9.17, 15) is 0 Å². The SMILES string of the molecule is CCNC(c1cccc2ncccc12)C1CC2CCC1O2. The van der Waals surface area contributed by atoms with Crippen LogP contribution in [0.5, 0.6) is 0 Å². The van der Waals surface area contributed by atoms with Crippen LogP contribution < -0.4 is 5.32 Å². The molecule has 0 spiro atoms. The van der Waals surface area contributed by atoms with Gasteiger partial charge in [-0.2, -0.15) is 0 Å². The number of rotatable bonds is 4. The van der Waals surface area contributed by atoms with Crippen molar-refractivity contribution in [1.29, 1.82) is 0 Å². The largest absolute Gasteiger partial charge is 0.375 e. The number of hydrogen-bond acceptors (Lipinski definition) is 3. The van der Waals surface area contributed by atoms with Gasteiger partial charge in [0.25, 0.3) is 0 Å². The lowest BCUT2D eigenvalue weighted by atomic mass is 9.80. The molecule has 21 heavy (non-hydrogen) atoms. The number of aromatic nitrogens is 1. The molecule has 2 aromatic rings. The van der Waals surface area contributed by atoms with Crippen LogP contribution in [0.15, 0.2) is 36.5 Å². The lowest BCUT2D eigenvalue weighted by Gasteiger charge is -2.30. The second-order valence-electron chi connectivity index (χ2n) is 6.23. The summed E-state index contributed by atoms with van der Waals surface area (Å²) < 4.78 is 6.09. The van der Waals surface area contributed by atoms with E-state index in [0.29, 0.717) is 24.2 Å². The van der Waals surface area contributed by atoms with Crippen molar-refractivity contribution in [3.05, 3.63) is 42.1 Å². The molecular formula is C18H22N2O. The van der Waals surface area contributed by atoms with Gasteiger partial charge in [-0.1, -0.05) is 25.1 Å². The second-order valence-corrected chi connectivity index (χ2v) is 6.23. The van der Waals surface area contributed by atoms with Gasteiger partial charge in [0.1, 0.15) is 0 Å². The maximum Gasteiger partial charge on any atom is 0.0705 e. The summed E-state index contributed by atoms with van der Waals surface area (Å²) in [4.78, 5) is 4.50. The number of benzene rings is 1. The molecule has 1 N–H and O–H groups in total. The summed E-state index contributed by atoms with van der Waals surface area (Å²) >= 11 is 0. The van der Waals surface area contributed by atoms with E-state index in [-0.39, 0.29) is 0 Å². The van der Waals surface area contributed by atoms with Gasteiger partial charge in [0.2, 0.25) is 0 Å². The molecule has 0 amide bonds. The van der Waals surface area contributed by atoms with Crippen LogP contribution in [0.1, 0.15) is 37.8 Å². The molecule has 0 saturated carbocycles. The number of hydrogen-bond donors (Lipinski definition) is 1. The van der Waals surface area contributed by atoms with Gasteiger partial charge >= 0.3 is 0 Å². The molecule has 2 aliphatic heterocycles. The Kier molecular flexibility index (Phi) is 3.40. The number of nitrogens with zero attached hydrogens (tertiary/aromatic N) is 1. The van der Waals surface area contributed by atoms with E-state index in [1.54, 1.807) is 0 Å². The zero-order valence-electron chi connectivity index (χ0n) is 12.5. The first-order chi connectivity index (χ1) is 10.4. The Hall–Kier alpha value is -1.45. The molecule has 0 aliphatic carbocycles. The van der Waals surface area contributed by atoms with Gasteiger partial charge in [-0.3, -0.25) is 4.98 Å². The standard InChI is InChI=1S/C18H22N2O/c1-2-19-18(15-11-12-8-9-17(15)21-12)14-5-3-7-16-13(14)6-4-10-20-16/h3-7,10,12,15,17-19H,2,8-9,11H2,1H3. The predicted molar refractivity (Wildman–Crippen MR) is 84.2 cm³/mol. The van der Waals surface area contributed by atoms with E-state index in [1.807, 2.05) is 12.3 Å². The summed E-state index contributed by atoms with van der Waals surface area (Å²) in [6.07, 6.45) is 6.46. The Balaban J connectivity index is 1.76. The molecule has 2 bridgehead atoms. The number of fused-ring (bicyclic) bond motifs is 3. The third-order valence-corrected chi connectivity index (χ3v) is 5.02. The highest BCUT2D eigenvalue weighted by Gasteiger charge is 2.44. The quantitative estimate of drug-likeness (QED) is 0.932. The lowest BCUT2D eigenvalue weighted by molar-refractivity contribution is 0.0859. The fraction of sp³-hybridized carbons (Fsp3) is 0.500. The van der Waals surface area contributed by atoms with Gasteiger partial charge in [-0.25, -0.2) is 0 Å². The zero-order chi connectivity index (χ0) is 14.2. The first-order valence-electron chi connectivity index (χ1n) is 8.09. The highest BCUT2D eigenvalue weighted by Crippen LogP contribution is 2.45. The Labute approximate surface area is 125 Å². The average molecular weight is 282 g/mol. The fourth-order valence-corrected chi connectivity index (χ4v) is 4.14. The Morgan fingerprint density at radius 1 is 1.29 bits per heavy atom. The van der Waals surface area contributed by atoms with E-state index in [2.05, 4.69) is 41.5 Å². The molecule has 0 radical (unpaired) electrons. The van der Waals surface area contributed by atoms with Crippen molar-refractivity contribution in [1.82, 2.24) is 10.3 Å². The van der Waals surface area contributed by atoms with Crippen molar-refractivity contribution in [2.45, 2.75) is 44.4 Å². The lowest BCUT2D eigenvalue weighted by Crippen LogP contribution is -2.33. The van der Waals surface area contributed by atoms with E-state index in [1.165, 1.54) is 30.2 Å². The van der Waals surface area contributed by atoms with E-state index < -0.39 is 0 Å². The van der Waals surface area contributed by atoms with Crippen LogP contribution in [0.25, 0.3) is 10.9 Å². The summed E-state index contributed by atoms with van der Waals surface area (Å²) in [6.45, 7) is 3.17. The third kappa shape index (κ3) is 2.25. The Bertz CT molecular complexity index is 637. The molecule has 4 rings (SSSR count). The molecule has 4 atom stereocenters. The summed E-state index contributed by atoms with van der Waals surface area (Å²) in [5.41, 5.74) is 2.46. The summed E-state index contributed by atoms with van der Waals surface area (Å²) in [7, 11) is 0. The fourth-order valence-electron chi connectivity index (χ4n) is 4.14. The van der Waals surface area contributed by atoms with Crippen LogP contribution in [0.4, 0.5) is 0 Å². The number of nitrogens with one attached hydrogen (secondary N) is 1. The highest BCUT2D eigenvalue weighted by atomic mass is 16.5. The van der Waals surface area contributed by atoms with Crippen LogP contribution in [0, 0.1) is 5.92 Å². The van der Waals surface area contributed by atoms with Crippen LogP contribution in [0.2, 0.25) is 0 Å². The van der Waals surface area contributed by atoms with Crippen molar-refractivity contribution in [2.24, 2.45) is 5.92 Å². The molecule has 2 aliphatic rings. The van der Waals surface area contributed by atoms with Gasteiger partial charge in [0, 0.05) is 23.5 Å². The minimum absolute atomic E-state index is 0.373. The van der Waals surface area contributed by atoms with Crippen molar-refractivity contribution < 1.29 is 4.74 Å². The van der Waals surface area contributed by atoms with Crippen LogP contribution in [-0.2, 0) is 4.74 Å². The molecule has 3 heterocycles. The molecule has 3 nitrogen and oxygen atoms in total. The third-order valence-electron chi connectivity index (χ3n) is 5.02. The number of pyridine rings is 1. The second kappa shape index (κ2) is 5.39. The normalized spacial score (nSPS) is 29.1. The van der Waals surface area contributed by atoms with Gasteiger partial charge in [-0.15, -0.1) is 0 Å². The van der Waals surface area contributed by atoms with E-state index in [0.717, 1.165) is 12.1 Å². The molecular weight excluding hydrogens is 260 g/mol. The molecule has 110 valence electrons. The van der Waals surface area contributed by atoms with Crippen LogP contribution in [-0.4, -0.2) is 23.7 Å². The number of ether oxygens (including phenoxy) is 1.